The molecule has 4 heteroatoms. The summed E-state index contributed by atoms with van der Waals surface area (Å²) < 4.78 is 12.0. The van der Waals surface area contributed by atoms with E-state index in [0.29, 0.717) is 0 Å². The number of hydrogen-bond acceptors (Lipinski definition) is 4. The quantitative estimate of drug-likeness (QED) is 0.502. The molecule has 0 spiro atoms. The smallest absolute Gasteiger partial charge is 0.127 e. The topological polar surface area (TPSA) is 24.9 Å². The molecule has 2 unspecified atom stereocenters. The minimum absolute atomic E-state index is 0.805. The fourth-order valence-corrected chi connectivity index (χ4v) is 5.50. The van der Waals surface area contributed by atoms with Gasteiger partial charge in [-0.3, -0.25) is 4.90 Å². The normalized spacial score (nSPS) is 26.0. The zero-order valence-corrected chi connectivity index (χ0v) is 18.6. The number of likely N-dealkylation sites (tertiary alicyclic amines) is 2. The van der Waals surface area contributed by atoms with Gasteiger partial charge < -0.3 is 14.4 Å². The van der Waals surface area contributed by atoms with Gasteiger partial charge in [-0.15, -0.1) is 0 Å². The van der Waals surface area contributed by atoms with Gasteiger partial charge in [0.2, 0.25) is 0 Å². The number of hydrogen-bond donors (Lipinski definition) is 0. The highest BCUT2D eigenvalue weighted by atomic mass is 16.5. The maximum atomic E-state index is 6.05. The summed E-state index contributed by atoms with van der Waals surface area (Å²) in [6, 6.07) is 18.5. The number of fused-ring (bicyclic) bond motifs is 1. The molecule has 2 aromatic carbocycles. The fourth-order valence-electron chi connectivity index (χ4n) is 5.50. The van der Waals surface area contributed by atoms with Crippen molar-refractivity contribution in [1.82, 2.24) is 9.80 Å². The van der Waals surface area contributed by atoms with Crippen LogP contribution in [0.25, 0.3) is 0 Å². The molecule has 2 aromatic rings. The van der Waals surface area contributed by atoms with Crippen LogP contribution in [0.15, 0.2) is 54.6 Å². The van der Waals surface area contributed by atoms with Gasteiger partial charge in [0.15, 0.2) is 0 Å². The van der Waals surface area contributed by atoms with E-state index in [9.17, 15) is 0 Å². The lowest BCUT2D eigenvalue weighted by Gasteiger charge is -2.26. The number of rotatable bonds is 10. The second kappa shape index (κ2) is 10.2. The predicted molar refractivity (Wildman–Crippen MR) is 124 cm³/mol. The Bertz CT molecular complexity index is 809. The second-order valence-corrected chi connectivity index (χ2v) is 9.58. The monoisotopic (exact) mass is 420 g/mol. The van der Waals surface area contributed by atoms with Crippen LogP contribution in [0, 0.1) is 17.8 Å². The van der Waals surface area contributed by atoms with E-state index >= 15 is 0 Å². The summed E-state index contributed by atoms with van der Waals surface area (Å²) in [4.78, 5) is 5.21. The van der Waals surface area contributed by atoms with Crippen molar-refractivity contribution in [2.24, 2.45) is 17.8 Å². The van der Waals surface area contributed by atoms with E-state index in [1.165, 1.54) is 64.0 Å². The van der Waals surface area contributed by atoms with Crippen LogP contribution in [-0.4, -0.2) is 55.7 Å². The zero-order chi connectivity index (χ0) is 20.9. The van der Waals surface area contributed by atoms with Crippen molar-refractivity contribution in [2.45, 2.75) is 32.2 Å². The van der Waals surface area contributed by atoms with Crippen LogP contribution < -0.4 is 4.74 Å². The van der Waals surface area contributed by atoms with E-state index in [2.05, 4.69) is 28.0 Å². The van der Waals surface area contributed by atoms with Crippen molar-refractivity contribution >= 4 is 0 Å². The highest BCUT2D eigenvalue weighted by Crippen LogP contribution is 2.52. The van der Waals surface area contributed by atoms with Crippen molar-refractivity contribution in [3.8, 4) is 11.5 Å². The molecule has 2 aliphatic heterocycles. The number of benzene rings is 2. The van der Waals surface area contributed by atoms with Crippen molar-refractivity contribution in [1.29, 1.82) is 0 Å². The minimum atomic E-state index is 0.805. The van der Waals surface area contributed by atoms with Crippen LogP contribution in [0.4, 0.5) is 0 Å². The highest BCUT2D eigenvalue weighted by Gasteiger charge is 2.55. The summed E-state index contributed by atoms with van der Waals surface area (Å²) >= 11 is 0. The molecule has 2 atom stereocenters. The molecule has 3 aliphatic rings. The Kier molecular flexibility index (Phi) is 6.88. The van der Waals surface area contributed by atoms with Crippen LogP contribution in [0.2, 0.25) is 0 Å². The van der Waals surface area contributed by atoms with Gasteiger partial charge in [-0.1, -0.05) is 36.8 Å². The van der Waals surface area contributed by atoms with Crippen LogP contribution >= 0.6 is 0 Å². The van der Waals surface area contributed by atoms with Gasteiger partial charge in [0.25, 0.3) is 0 Å². The van der Waals surface area contributed by atoms with Gasteiger partial charge in [0.1, 0.15) is 11.5 Å². The lowest BCUT2D eigenvalue weighted by atomic mass is 10.1. The first-order valence-corrected chi connectivity index (χ1v) is 12.2. The van der Waals surface area contributed by atoms with Crippen molar-refractivity contribution in [3.05, 3.63) is 60.2 Å². The van der Waals surface area contributed by atoms with E-state index < -0.39 is 0 Å². The predicted octanol–water partition coefficient (Wildman–Crippen LogP) is 5.05. The maximum Gasteiger partial charge on any atom is 0.127 e. The third-order valence-corrected chi connectivity index (χ3v) is 7.25. The molecule has 166 valence electrons. The van der Waals surface area contributed by atoms with Gasteiger partial charge >= 0.3 is 0 Å². The van der Waals surface area contributed by atoms with E-state index in [1.54, 1.807) is 0 Å². The van der Waals surface area contributed by atoms with Crippen molar-refractivity contribution in [2.75, 3.05) is 45.9 Å². The first kappa shape index (κ1) is 21.0. The molecule has 5 rings (SSSR count). The van der Waals surface area contributed by atoms with Gasteiger partial charge in [0, 0.05) is 32.8 Å². The Morgan fingerprint density at radius 2 is 1.58 bits per heavy atom. The van der Waals surface area contributed by atoms with Gasteiger partial charge in [-0.2, -0.15) is 0 Å². The maximum absolute atomic E-state index is 6.05. The lowest BCUT2D eigenvalue weighted by Crippen LogP contribution is -2.31. The standard InChI is InChI=1S/C27H36N2O2/c1-3-10-23(11-4-1)31-24-12-7-9-22(17-24)18-29-19-25-26(20-29)27(25)21-30-16-8-15-28-13-5-2-6-14-28/h1,3-4,7,9-12,17,25-27H,2,5-6,8,13-16,18-21H2. The summed E-state index contributed by atoms with van der Waals surface area (Å²) in [6.07, 6.45) is 5.37. The molecular weight excluding hydrogens is 384 g/mol. The van der Waals surface area contributed by atoms with E-state index in [1.807, 2.05) is 36.4 Å². The molecular formula is C27H36N2O2. The molecule has 2 saturated heterocycles. The average molecular weight is 421 g/mol. The molecule has 3 fully saturated rings. The zero-order valence-electron chi connectivity index (χ0n) is 18.6. The fraction of sp³-hybridized carbons (Fsp3) is 0.556. The van der Waals surface area contributed by atoms with Crippen molar-refractivity contribution < 1.29 is 9.47 Å². The van der Waals surface area contributed by atoms with Crippen LogP contribution in [-0.2, 0) is 11.3 Å². The van der Waals surface area contributed by atoms with Gasteiger partial charge in [-0.25, -0.2) is 0 Å². The number of ether oxygens (including phenoxy) is 2. The highest BCUT2D eigenvalue weighted by molar-refractivity contribution is 5.34. The number of piperidine rings is 2. The first-order valence-electron chi connectivity index (χ1n) is 12.2. The number of nitrogens with zero attached hydrogens (tertiary/aromatic N) is 2. The summed E-state index contributed by atoms with van der Waals surface area (Å²) in [5.41, 5.74) is 1.33. The third-order valence-electron chi connectivity index (χ3n) is 7.25. The molecule has 1 saturated carbocycles. The second-order valence-electron chi connectivity index (χ2n) is 9.58. The molecule has 31 heavy (non-hydrogen) atoms. The number of para-hydroxylation sites is 1. The Labute approximate surface area is 187 Å². The molecule has 1 aliphatic carbocycles. The van der Waals surface area contributed by atoms with Crippen molar-refractivity contribution in [3.63, 3.8) is 0 Å². The molecule has 0 amide bonds. The Morgan fingerprint density at radius 1 is 0.806 bits per heavy atom. The van der Waals surface area contributed by atoms with Gasteiger partial charge in [-0.05, 0) is 79.9 Å². The lowest BCUT2D eigenvalue weighted by molar-refractivity contribution is 0.0967. The van der Waals surface area contributed by atoms with Gasteiger partial charge in [0.05, 0.1) is 6.61 Å². The van der Waals surface area contributed by atoms with Crippen LogP contribution in [0.5, 0.6) is 11.5 Å². The Hall–Kier alpha value is -1.88. The Morgan fingerprint density at radius 3 is 2.39 bits per heavy atom. The third kappa shape index (κ3) is 5.68. The first-order chi connectivity index (χ1) is 15.3. The summed E-state index contributed by atoms with van der Waals surface area (Å²) in [5, 5.41) is 0. The van der Waals surface area contributed by atoms with E-state index in [0.717, 1.165) is 49.0 Å². The van der Waals surface area contributed by atoms with E-state index in [4.69, 9.17) is 9.47 Å². The summed E-state index contributed by atoms with van der Waals surface area (Å²) in [7, 11) is 0. The molecule has 0 bridgehead atoms. The molecule has 0 aromatic heterocycles. The largest absolute Gasteiger partial charge is 0.457 e. The van der Waals surface area contributed by atoms with Crippen LogP contribution in [0.3, 0.4) is 0 Å². The SMILES string of the molecule is c1ccc(Oc2cccc(CN3CC4C(COCCCN5CCCCC5)C4C3)c2)cc1. The molecule has 2 heterocycles. The minimum Gasteiger partial charge on any atom is -0.457 e. The Balaban J connectivity index is 0.992. The van der Waals surface area contributed by atoms with E-state index in [-0.39, 0.29) is 0 Å². The summed E-state index contributed by atoms with van der Waals surface area (Å²) in [6.45, 7) is 9.18. The summed E-state index contributed by atoms with van der Waals surface area (Å²) in [5.74, 6) is 4.32. The molecule has 0 N–H and O–H groups in total. The molecule has 4 nitrogen and oxygen atoms in total. The van der Waals surface area contributed by atoms with Crippen LogP contribution in [0.1, 0.15) is 31.2 Å². The molecule has 0 radical (unpaired) electrons. The average Bonchev–Trinajstić information content (AvgIpc) is 3.25.